The average molecular weight is 260 g/mol. The SMILES string of the molecule is CCOC(=O)C(C)(O)c1ccc(OC(F)F)cc1. The van der Waals surface area contributed by atoms with Gasteiger partial charge in [0.25, 0.3) is 0 Å². The van der Waals surface area contributed by atoms with Crippen LogP contribution in [-0.4, -0.2) is 24.3 Å². The first-order valence-electron chi connectivity index (χ1n) is 5.33. The largest absolute Gasteiger partial charge is 0.464 e. The fourth-order valence-electron chi connectivity index (χ4n) is 1.35. The van der Waals surface area contributed by atoms with Crippen molar-refractivity contribution in [2.24, 2.45) is 0 Å². The highest BCUT2D eigenvalue weighted by Crippen LogP contribution is 2.25. The maximum atomic E-state index is 11.9. The number of halogens is 2. The summed E-state index contributed by atoms with van der Waals surface area (Å²) in [6.07, 6.45) is 0. The lowest BCUT2D eigenvalue weighted by Crippen LogP contribution is -2.34. The molecule has 0 bridgehead atoms. The quantitative estimate of drug-likeness (QED) is 0.823. The van der Waals surface area contributed by atoms with Gasteiger partial charge < -0.3 is 14.6 Å². The number of rotatable bonds is 5. The molecule has 0 saturated carbocycles. The van der Waals surface area contributed by atoms with Crippen LogP contribution in [0, 0.1) is 0 Å². The van der Waals surface area contributed by atoms with Crippen LogP contribution in [0.4, 0.5) is 8.78 Å². The van der Waals surface area contributed by atoms with Crippen LogP contribution in [0.5, 0.6) is 5.75 Å². The van der Waals surface area contributed by atoms with Gasteiger partial charge in [-0.1, -0.05) is 12.1 Å². The molecule has 0 saturated heterocycles. The number of hydrogen-bond acceptors (Lipinski definition) is 4. The van der Waals surface area contributed by atoms with Gasteiger partial charge in [-0.2, -0.15) is 8.78 Å². The zero-order valence-electron chi connectivity index (χ0n) is 10.0. The standard InChI is InChI=1S/C12H14F2O4/c1-3-17-10(15)12(2,16)8-4-6-9(7-5-8)18-11(13)14/h4-7,11,16H,3H2,1-2H3. The van der Waals surface area contributed by atoms with Gasteiger partial charge in [-0.05, 0) is 31.5 Å². The van der Waals surface area contributed by atoms with Crippen LogP contribution < -0.4 is 4.74 Å². The number of benzene rings is 1. The van der Waals surface area contributed by atoms with Crippen molar-refractivity contribution in [1.82, 2.24) is 0 Å². The van der Waals surface area contributed by atoms with E-state index in [2.05, 4.69) is 4.74 Å². The van der Waals surface area contributed by atoms with Gasteiger partial charge in [0, 0.05) is 0 Å². The molecule has 0 radical (unpaired) electrons. The third-order valence-corrected chi connectivity index (χ3v) is 2.31. The molecule has 1 rings (SSSR count). The molecule has 6 heteroatoms. The highest BCUT2D eigenvalue weighted by Gasteiger charge is 2.33. The summed E-state index contributed by atoms with van der Waals surface area (Å²) in [6.45, 7) is 0.115. The summed E-state index contributed by atoms with van der Waals surface area (Å²) in [5.41, 5.74) is -1.58. The summed E-state index contributed by atoms with van der Waals surface area (Å²) < 4.78 is 32.8. The molecule has 0 fully saturated rings. The Balaban J connectivity index is 2.86. The number of alkyl halides is 2. The smallest absolute Gasteiger partial charge is 0.387 e. The van der Waals surface area contributed by atoms with E-state index in [0.717, 1.165) is 0 Å². The molecule has 1 aromatic rings. The summed E-state index contributed by atoms with van der Waals surface area (Å²) in [4.78, 5) is 11.5. The van der Waals surface area contributed by atoms with Crippen molar-refractivity contribution in [1.29, 1.82) is 0 Å². The molecular weight excluding hydrogens is 246 g/mol. The van der Waals surface area contributed by atoms with E-state index in [1.165, 1.54) is 31.2 Å². The molecule has 1 N–H and O–H groups in total. The number of ether oxygens (including phenoxy) is 2. The van der Waals surface area contributed by atoms with Gasteiger partial charge in [0.2, 0.25) is 0 Å². The van der Waals surface area contributed by atoms with E-state index < -0.39 is 18.2 Å². The normalized spacial score (nSPS) is 14.1. The van der Waals surface area contributed by atoms with Crippen LogP contribution in [0.2, 0.25) is 0 Å². The van der Waals surface area contributed by atoms with Crippen molar-refractivity contribution >= 4 is 5.97 Å². The Kier molecular flexibility index (Phi) is 4.61. The number of carbonyl (C=O) groups is 1. The first kappa shape index (κ1) is 14.4. The lowest BCUT2D eigenvalue weighted by Gasteiger charge is -2.21. The Morgan fingerprint density at radius 1 is 1.39 bits per heavy atom. The van der Waals surface area contributed by atoms with Crippen molar-refractivity contribution in [2.75, 3.05) is 6.61 Å². The molecule has 0 aliphatic rings. The molecule has 0 aliphatic carbocycles. The molecule has 0 aliphatic heterocycles. The van der Waals surface area contributed by atoms with E-state index in [1.54, 1.807) is 6.92 Å². The third-order valence-electron chi connectivity index (χ3n) is 2.31. The lowest BCUT2D eigenvalue weighted by molar-refractivity contribution is -0.164. The second-order valence-corrected chi connectivity index (χ2v) is 3.70. The molecule has 100 valence electrons. The topological polar surface area (TPSA) is 55.8 Å². The van der Waals surface area contributed by atoms with Crippen molar-refractivity contribution in [3.8, 4) is 5.75 Å². The molecule has 0 heterocycles. The summed E-state index contributed by atoms with van der Waals surface area (Å²) in [7, 11) is 0. The second-order valence-electron chi connectivity index (χ2n) is 3.70. The zero-order valence-corrected chi connectivity index (χ0v) is 10.0. The van der Waals surface area contributed by atoms with Crippen molar-refractivity contribution < 1.29 is 28.2 Å². The van der Waals surface area contributed by atoms with E-state index >= 15 is 0 Å². The van der Waals surface area contributed by atoms with Gasteiger partial charge in [-0.25, -0.2) is 4.79 Å². The number of esters is 1. The van der Waals surface area contributed by atoms with E-state index in [4.69, 9.17) is 4.74 Å². The van der Waals surface area contributed by atoms with Crippen LogP contribution in [0.3, 0.4) is 0 Å². The monoisotopic (exact) mass is 260 g/mol. The van der Waals surface area contributed by atoms with Crippen molar-refractivity contribution in [3.05, 3.63) is 29.8 Å². The summed E-state index contributed by atoms with van der Waals surface area (Å²) >= 11 is 0. The predicted octanol–water partition coefficient (Wildman–Crippen LogP) is 2.06. The molecule has 0 spiro atoms. The minimum atomic E-state index is -2.92. The fourth-order valence-corrected chi connectivity index (χ4v) is 1.35. The minimum Gasteiger partial charge on any atom is -0.464 e. The summed E-state index contributed by atoms with van der Waals surface area (Å²) in [5, 5.41) is 9.99. The molecule has 18 heavy (non-hydrogen) atoms. The van der Waals surface area contributed by atoms with Gasteiger partial charge in [-0.15, -0.1) is 0 Å². The van der Waals surface area contributed by atoms with Crippen LogP contribution in [0.25, 0.3) is 0 Å². The zero-order chi connectivity index (χ0) is 13.8. The highest BCUT2D eigenvalue weighted by atomic mass is 19.3. The Morgan fingerprint density at radius 3 is 2.39 bits per heavy atom. The molecule has 0 aromatic heterocycles. The first-order chi connectivity index (χ1) is 8.37. The van der Waals surface area contributed by atoms with E-state index in [9.17, 15) is 18.7 Å². The molecule has 4 nitrogen and oxygen atoms in total. The molecule has 1 atom stereocenters. The summed E-state index contributed by atoms with van der Waals surface area (Å²) in [5.74, 6) is -0.846. The van der Waals surface area contributed by atoms with E-state index in [1.807, 2.05) is 0 Å². The van der Waals surface area contributed by atoms with Gasteiger partial charge in [-0.3, -0.25) is 0 Å². The van der Waals surface area contributed by atoms with Gasteiger partial charge in [0.15, 0.2) is 5.60 Å². The van der Waals surface area contributed by atoms with Crippen molar-refractivity contribution in [3.63, 3.8) is 0 Å². The average Bonchev–Trinajstić information content (AvgIpc) is 2.29. The lowest BCUT2D eigenvalue weighted by atomic mass is 9.96. The maximum absolute atomic E-state index is 11.9. The van der Waals surface area contributed by atoms with Crippen LogP contribution in [0.15, 0.2) is 24.3 Å². The molecular formula is C12H14F2O4. The third kappa shape index (κ3) is 3.40. The Bertz CT molecular complexity index is 401. The van der Waals surface area contributed by atoms with Crippen LogP contribution >= 0.6 is 0 Å². The van der Waals surface area contributed by atoms with Gasteiger partial charge in [0.05, 0.1) is 6.61 Å². The Labute approximate surface area is 103 Å². The summed E-state index contributed by atoms with van der Waals surface area (Å²) in [6, 6.07) is 5.15. The number of hydrogen-bond donors (Lipinski definition) is 1. The maximum Gasteiger partial charge on any atom is 0.387 e. The Morgan fingerprint density at radius 2 is 1.94 bits per heavy atom. The van der Waals surface area contributed by atoms with Crippen LogP contribution in [0.1, 0.15) is 19.4 Å². The number of aliphatic hydroxyl groups is 1. The van der Waals surface area contributed by atoms with Crippen molar-refractivity contribution in [2.45, 2.75) is 26.1 Å². The van der Waals surface area contributed by atoms with E-state index in [0.29, 0.717) is 0 Å². The molecule has 1 aromatic carbocycles. The van der Waals surface area contributed by atoms with Crippen LogP contribution in [-0.2, 0) is 15.1 Å². The predicted molar refractivity (Wildman–Crippen MR) is 59.3 cm³/mol. The number of carbonyl (C=O) groups excluding carboxylic acids is 1. The van der Waals surface area contributed by atoms with Gasteiger partial charge in [0.1, 0.15) is 5.75 Å². The second kappa shape index (κ2) is 5.77. The highest BCUT2D eigenvalue weighted by molar-refractivity contribution is 5.80. The molecule has 0 amide bonds. The Hall–Kier alpha value is -1.69. The molecule has 1 unspecified atom stereocenters. The minimum absolute atomic E-state index is 0.0478. The van der Waals surface area contributed by atoms with Gasteiger partial charge >= 0.3 is 12.6 Å². The van der Waals surface area contributed by atoms with E-state index in [-0.39, 0.29) is 17.9 Å². The first-order valence-corrected chi connectivity index (χ1v) is 5.33. The fraction of sp³-hybridized carbons (Fsp3) is 0.417.